The van der Waals surface area contributed by atoms with Crippen LogP contribution in [0.15, 0.2) is 34.9 Å². The molecule has 1 aromatic heterocycles. The molecule has 0 spiro atoms. The van der Waals surface area contributed by atoms with Crippen LogP contribution in [0.4, 0.5) is 5.69 Å². The van der Waals surface area contributed by atoms with Gasteiger partial charge >= 0.3 is 5.97 Å². The standard InChI is InChI=1S/C15H16N2O4/c1-10-14(11(2)21-16-10)15(20)17(9-8-13(18)19)12-6-4-3-5-7-12/h3-7H,8-9H2,1-2H3,(H,18,19). The minimum Gasteiger partial charge on any atom is -0.481 e. The van der Waals surface area contributed by atoms with Gasteiger partial charge in [-0.1, -0.05) is 23.4 Å². The van der Waals surface area contributed by atoms with E-state index in [0.717, 1.165) is 0 Å². The number of aliphatic carboxylic acids is 1. The van der Waals surface area contributed by atoms with Crippen molar-refractivity contribution in [3.8, 4) is 0 Å². The smallest absolute Gasteiger partial charge is 0.305 e. The molecule has 0 unspecified atom stereocenters. The number of hydrogen-bond acceptors (Lipinski definition) is 4. The van der Waals surface area contributed by atoms with Crippen LogP contribution >= 0.6 is 0 Å². The van der Waals surface area contributed by atoms with E-state index in [4.69, 9.17) is 9.63 Å². The molecule has 21 heavy (non-hydrogen) atoms. The molecule has 1 N–H and O–H groups in total. The van der Waals surface area contributed by atoms with Crippen molar-refractivity contribution in [3.05, 3.63) is 47.3 Å². The van der Waals surface area contributed by atoms with Crippen LogP contribution in [-0.4, -0.2) is 28.7 Å². The van der Waals surface area contributed by atoms with Gasteiger partial charge < -0.3 is 14.5 Å². The molecule has 1 amide bonds. The van der Waals surface area contributed by atoms with Crippen LogP contribution < -0.4 is 4.90 Å². The van der Waals surface area contributed by atoms with Crippen LogP contribution in [-0.2, 0) is 4.79 Å². The van der Waals surface area contributed by atoms with E-state index in [9.17, 15) is 9.59 Å². The van der Waals surface area contributed by atoms with Crippen molar-refractivity contribution in [3.63, 3.8) is 0 Å². The zero-order valence-corrected chi connectivity index (χ0v) is 11.9. The summed E-state index contributed by atoms with van der Waals surface area (Å²) in [6, 6.07) is 8.95. The molecular weight excluding hydrogens is 272 g/mol. The highest BCUT2D eigenvalue weighted by molar-refractivity contribution is 6.07. The second kappa shape index (κ2) is 6.21. The fraction of sp³-hybridized carbons (Fsp3) is 0.267. The summed E-state index contributed by atoms with van der Waals surface area (Å²) in [5, 5.41) is 12.6. The first-order valence-corrected chi connectivity index (χ1v) is 6.52. The second-order valence-corrected chi connectivity index (χ2v) is 4.64. The number of para-hydroxylation sites is 1. The number of carboxylic acids is 1. The number of carbonyl (C=O) groups excluding carboxylic acids is 1. The lowest BCUT2D eigenvalue weighted by molar-refractivity contribution is -0.136. The summed E-state index contributed by atoms with van der Waals surface area (Å²) in [5.74, 6) is -0.838. The molecule has 6 nitrogen and oxygen atoms in total. The van der Waals surface area contributed by atoms with Gasteiger partial charge in [-0.3, -0.25) is 9.59 Å². The van der Waals surface area contributed by atoms with Gasteiger partial charge in [-0.15, -0.1) is 0 Å². The van der Waals surface area contributed by atoms with Crippen molar-refractivity contribution < 1.29 is 19.2 Å². The number of anilines is 1. The minimum absolute atomic E-state index is 0.0856. The van der Waals surface area contributed by atoms with Gasteiger partial charge in [-0.2, -0.15) is 0 Å². The first kappa shape index (κ1) is 14.8. The molecule has 0 aliphatic heterocycles. The maximum absolute atomic E-state index is 12.7. The molecule has 0 aliphatic carbocycles. The summed E-state index contributed by atoms with van der Waals surface area (Å²) in [5.41, 5.74) is 1.52. The van der Waals surface area contributed by atoms with Crippen LogP contribution in [0.5, 0.6) is 0 Å². The molecular formula is C15H16N2O4. The Kier molecular flexibility index (Phi) is 4.37. The molecule has 0 aliphatic rings. The number of amides is 1. The summed E-state index contributed by atoms with van der Waals surface area (Å²) in [6.07, 6.45) is -0.135. The van der Waals surface area contributed by atoms with Crippen molar-refractivity contribution in [1.29, 1.82) is 0 Å². The maximum atomic E-state index is 12.7. The SMILES string of the molecule is Cc1noc(C)c1C(=O)N(CCC(=O)O)c1ccccc1. The summed E-state index contributed by atoms with van der Waals surface area (Å²) in [4.78, 5) is 24.9. The minimum atomic E-state index is -0.956. The Labute approximate surface area is 122 Å². The zero-order valence-electron chi connectivity index (χ0n) is 11.9. The van der Waals surface area contributed by atoms with E-state index < -0.39 is 5.97 Å². The number of rotatable bonds is 5. The first-order chi connectivity index (χ1) is 10.0. The zero-order chi connectivity index (χ0) is 15.4. The summed E-state index contributed by atoms with van der Waals surface area (Å²) in [6.45, 7) is 3.43. The fourth-order valence-electron chi connectivity index (χ4n) is 2.09. The highest BCUT2D eigenvalue weighted by Gasteiger charge is 2.24. The van der Waals surface area contributed by atoms with Gasteiger partial charge in [0.15, 0.2) is 0 Å². The monoisotopic (exact) mass is 288 g/mol. The number of hydrogen-bond donors (Lipinski definition) is 1. The van der Waals surface area contributed by atoms with E-state index in [0.29, 0.717) is 22.7 Å². The Morgan fingerprint density at radius 3 is 2.43 bits per heavy atom. The number of aromatic nitrogens is 1. The molecule has 0 saturated heterocycles. The summed E-state index contributed by atoms with van der Waals surface area (Å²) >= 11 is 0. The van der Waals surface area contributed by atoms with Gasteiger partial charge in [-0.25, -0.2) is 0 Å². The van der Waals surface area contributed by atoms with E-state index >= 15 is 0 Å². The van der Waals surface area contributed by atoms with E-state index in [1.165, 1.54) is 4.90 Å². The predicted molar refractivity (Wildman–Crippen MR) is 76.3 cm³/mol. The normalized spacial score (nSPS) is 10.4. The van der Waals surface area contributed by atoms with Crippen molar-refractivity contribution in [2.45, 2.75) is 20.3 Å². The summed E-state index contributed by atoms with van der Waals surface area (Å²) < 4.78 is 5.01. The molecule has 0 atom stereocenters. The Hall–Kier alpha value is -2.63. The van der Waals surface area contributed by atoms with Gasteiger partial charge in [0.1, 0.15) is 11.3 Å². The largest absolute Gasteiger partial charge is 0.481 e. The number of carboxylic acid groups (broad SMARTS) is 1. The van der Waals surface area contributed by atoms with Crippen molar-refractivity contribution in [1.82, 2.24) is 5.16 Å². The average Bonchev–Trinajstić information content (AvgIpc) is 2.79. The lowest BCUT2D eigenvalue weighted by Crippen LogP contribution is -2.33. The molecule has 2 rings (SSSR count). The van der Waals surface area contributed by atoms with Crippen LogP contribution in [0.3, 0.4) is 0 Å². The topological polar surface area (TPSA) is 83.6 Å². The van der Waals surface area contributed by atoms with E-state index in [1.54, 1.807) is 38.1 Å². The molecule has 0 saturated carbocycles. The third-order valence-corrected chi connectivity index (χ3v) is 3.11. The van der Waals surface area contributed by atoms with E-state index in [-0.39, 0.29) is 18.9 Å². The average molecular weight is 288 g/mol. The van der Waals surface area contributed by atoms with Gasteiger partial charge in [0.2, 0.25) is 0 Å². The number of aryl methyl sites for hydroxylation is 2. The Balaban J connectivity index is 2.35. The second-order valence-electron chi connectivity index (χ2n) is 4.64. The van der Waals surface area contributed by atoms with Gasteiger partial charge in [-0.05, 0) is 26.0 Å². The highest BCUT2D eigenvalue weighted by Crippen LogP contribution is 2.21. The number of carbonyl (C=O) groups is 2. The molecule has 0 fully saturated rings. The van der Waals surface area contributed by atoms with Crippen molar-refractivity contribution in [2.75, 3.05) is 11.4 Å². The van der Waals surface area contributed by atoms with Gasteiger partial charge in [0.05, 0.1) is 12.1 Å². The molecule has 1 aromatic carbocycles. The van der Waals surface area contributed by atoms with E-state index in [1.807, 2.05) is 6.07 Å². The lowest BCUT2D eigenvalue weighted by atomic mass is 10.1. The summed E-state index contributed by atoms with van der Waals surface area (Å²) in [7, 11) is 0. The Morgan fingerprint density at radius 2 is 1.90 bits per heavy atom. The van der Waals surface area contributed by atoms with E-state index in [2.05, 4.69) is 5.16 Å². The molecule has 6 heteroatoms. The Bertz CT molecular complexity index is 629. The quantitative estimate of drug-likeness (QED) is 0.913. The fourth-order valence-corrected chi connectivity index (χ4v) is 2.09. The first-order valence-electron chi connectivity index (χ1n) is 6.52. The van der Waals surface area contributed by atoms with Gasteiger partial charge in [0.25, 0.3) is 5.91 Å². The molecule has 0 radical (unpaired) electrons. The lowest BCUT2D eigenvalue weighted by Gasteiger charge is -2.22. The third-order valence-electron chi connectivity index (χ3n) is 3.11. The highest BCUT2D eigenvalue weighted by atomic mass is 16.5. The molecule has 1 heterocycles. The van der Waals surface area contributed by atoms with Crippen LogP contribution in [0.2, 0.25) is 0 Å². The molecule has 2 aromatic rings. The van der Waals surface area contributed by atoms with Crippen LogP contribution in [0, 0.1) is 13.8 Å². The van der Waals surface area contributed by atoms with Gasteiger partial charge in [0, 0.05) is 12.2 Å². The molecule has 110 valence electrons. The molecule has 0 bridgehead atoms. The third kappa shape index (κ3) is 3.28. The van der Waals surface area contributed by atoms with Crippen molar-refractivity contribution in [2.24, 2.45) is 0 Å². The maximum Gasteiger partial charge on any atom is 0.305 e. The number of nitrogens with zero attached hydrogens (tertiary/aromatic N) is 2. The van der Waals surface area contributed by atoms with Crippen molar-refractivity contribution >= 4 is 17.6 Å². The Morgan fingerprint density at radius 1 is 1.24 bits per heavy atom. The predicted octanol–water partition coefficient (Wildman–Crippen LogP) is 2.41. The number of benzene rings is 1. The van der Waals surface area contributed by atoms with Crippen LogP contribution in [0.25, 0.3) is 0 Å². The van der Waals surface area contributed by atoms with Crippen LogP contribution in [0.1, 0.15) is 28.2 Å².